The van der Waals surface area contributed by atoms with E-state index in [4.69, 9.17) is 0 Å². The first-order chi connectivity index (χ1) is 6.57. The highest BCUT2D eigenvalue weighted by Crippen LogP contribution is 2.29. The molecule has 76 valence electrons. The summed E-state index contributed by atoms with van der Waals surface area (Å²) in [7, 11) is 0. The van der Waals surface area contributed by atoms with Crippen molar-refractivity contribution in [1.82, 2.24) is 4.98 Å². The molecule has 0 radical (unpaired) electrons. The number of hydrogen-bond acceptors (Lipinski definition) is 3. The molecule has 0 bridgehead atoms. The van der Waals surface area contributed by atoms with Crippen LogP contribution in [0.15, 0.2) is 16.7 Å². The maximum absolute atomic E-state index is 4.35. The Balaban J connectivity index is 2.37. The van der Waals surface area contributed by atoms with Gasteiger partial charge in [-0.05, 0) is 42.3 Å². The van der Waals surface area contributed by atoms with Gasteiger partial charge in [0.05, 0.1) is 5.69 Å². The topological polar surface area (TPSA) is 37.0 Å². The molecule has 0 unspecified atom stereocenters. The molecule has 1 aromatic heterocycles. The maximum atomic E-state index is 4.35. The Hall–Kier alpha value is -0.770. The lowest BCUT2D eigenvalue weighted by Crippen LogP contribution is -2.31. The van der Waals surface area contributed by atoms with Crippen LogP contribution in [0.1, 0.15) is 20.3 Å². The molecule has 14 heavy (non-hydrogen) atoms. The predicted molar refractivity (Wildman–Crippen MR) is 62.7 cm³/mol. The van der Waals surface area contributed by atoms with E-state index in [1.807, 2.05) is 6.20 Å². The van der Waals surface area contributed by atoms with Gasteiger partial charge in [-0.25, -0.2) is 4.98 Å². The van der Waals surface area contributed by atoms with E-state index in [1.165, 1.54) is 0 Å². The van der Waals surface area contributed by atoms with Crippen molar-refractivity contribution < 1.29 is 0 Å². The predicted octanol–water partition coefficient (Wildman–Crippen LogP) is 2.85. The van der Waals surface area contributed by atoms with Crippen molar-refractivity contribution in [3.8, 4) is 0 Å². The van der Waals surface area contributed by atoms with Crippen LogP contribution in [-0.2, 0) is 0 Å². The van der Waals surface area contributed by atoms with Crippen LogP contribution < -0.4 is 10.6 Å². The minimum absolute atomic E-state index is 0.110. The summed E-state index contributed by atoms with van der Waals surface area (Å²) in [5.41, 5.74) is 1.18. The highest BCUT2D eigenvalue weighted by Gasteiger charge is 2.22. The molecule has 2 heterocycles. The molecule has 0 saturated carbocycles. The third-order valence-corrected chi connectivity index (χ3v) is 2.81. The largest absolute Gasteiger partial charge is 0.382 e. The summed E-state index contributed by atoms with van der Waals surface area (Å²) in [5, 5.41) is 6.80. The Kier molecular flexibility index (Phi) is 2.39. The van der Waals surface area contributed by atoms with Crippen LogP contribution in [0.25, 0.3) is 0 Å². The highest BCUT2D eigenvalue weighted by atomic mass is 79.9. The van der Waals surface area contributed by atoms with Gasteiger partial charge in [0.25, 0.3) is 0 Å². The van der Waals surface area contributed by atoms with Crippen molar-refractivity contribution in [2.75, 3.05) is 17.2 Å². The van der Waals surface area contributed by atoms with E-state index >= 15 is 0 Å². The van der Waals surface area contributed by atoms with Gasteiger partial charge >= 0.3 is 0 Å². The summed E-state index contributed by atoms with van der Waals surface area (Å²) in [6, 6.07) is 2.05. The minimum Gasteiger partial charge on any atom is -0.382 e. The Morgan fingerprint density at radius 1 is 1.50 bits per heavy atom. The van der Waals surface area contributed by atoms with Crippen molar-refractivity contribution >= 4 is 27.4 Å². The molecular formula is C10H14BrN3. The van der Waals surface area contributed by atoms with Crippen LogP contribution >= 0.6 is 15.9 Å². The third kappa shape index (κ3) is 2.00. The van der Waals surface area contributed by atoms with E-state index in [-0.39, 0.29) is 5.54 Å². The van der Waals surface area contributed by atoms with E-state index < -0.39 is 0 Å². The molecule has 0 spiro atoms. The first-order valence-corrected chi connectivity index (χ1v) is 5.54. The third-order valence-electron chi connectivity index (χ3n) is 2.38. The standard InChI is InChI=1S/C10H14BrN3/c1-10(2)3-4-12-8-5-7(11)6-13-9(8)14-10/h5-6,12H,3-4H2,1-2H3,(H,13,14). The quantitative estimate of drug-likeness (QED) is 0.749. The second-order valence-electron chi connectivity index (χ2n) is 4.24. The molecule has 0 aliphatic carbocycles. The van der Waals surface area contributed by atoms with Crippen molar-refractivity contribution in [2.45, 2.75) is 25.8 Å². The molecule has 0 fully saturated rings. The van der Waals surface area contributed by atoms with Gasteiger partial charge in [-0.3, -0.25) is 0 Å². The van der Waals surface area contributed by atoms with Crippen LogP contribution in [-0.4, -0.2) is 17.1 Å². The number of nitrogens with zero attached hydrogens (tertiary/aromatic N) is 1. The second kappa shape index (κ2) is 3.42. The molecule has 0 amide bonds. The number of aromatic nitrogens is 1. The van der Waals surface area contributed by atoms with Gasteiger partial charge in [0.2, 0.25) is 0 Å². The molecule has 0 saturated heterocycles. The van der Waals surface area contributed by atoms with Crippen LogP contribution in [0.2, 0.25) is 0 Å². The summed E-state index contributed by atoms with van der Waals surface area (Å²) < 4.78 is 1.00. The summed E-state index contributed by atoms with van der Waals surface area (Å²) in [6.45, 7) is 5.35. The average Bonchev–Trinajstić information content (AvgIpc) is 2.22. The highest BCUT2D eigenvalue weighted by molar-refractivity contribution is 9.10. The van der Waals surface area contributed by atoms with Gasteiger partial charge < -0.3 is 10.6 Å². The van der Waals surface area contributed by atoms with E-state index in [9.17, 15) is 0 Å². The van der Waals surface area contributed by atoms with Gasteiger partial charge in [0.1, 0.15) is 5.82 Å². The average molecular weight is 256 g/mol. The fourth-order valence-electron chi connectivity index (χ4n) is 1.57. The Morgan fingerprint density at radius 2 is 2.29 bits per heavy atom. The van der Waals surface area contributed by atoms with Gasteiger partial charge in [-0.2, -0.15) is 0 Å². The van der Waals surface area contributed by atoms with E-state index in [0.717, 1.165) is 28.9 Å². The lowest BCUT2D eigenvalue weighted by molar-refractivity contribution is 0.539. The molecule has 2 N–H and O–H groups in total. The number of halogens is 1. The van der Waals surface area contributed by atoms with E-state index in [1.54, 1.807) is 0 Å². The lowest BCUT2D eigenvalue weighted by atomic mass is 10.0. The number of pyridine rings is 1. The summed E-state index contributed by atoms with van der Waals surface area (Å²) in [6.07, 6.45) is 2.90. The Bertz CT molecular complexity index is 349. The molecule has 0 atom stereocenters. The van der Waals surface area contributed by atoms with Crippen LogP contribution in [0.4, 0.5) is 11.5 Å². The number of anilines is 2. The molecule has 1 aliphatic heterocycles. The molecular weight excluding hydrogens is 242 g/mol. The summed E-state index contributed by atoms with van der Waals surface area (Å²) in [5.74, 6) is 0.940. The lowest BCUT2D eigenvalue weighted by Gasteiger charge is -2.24. The zero-order valence-corrected chi connectivity index (χ0v) is 9.98. The Labute approximate surface area is 92.4 Å². The van der Waals surface area contributed by atoms with Crippen molar-refractivity contribution in [1.29, 1.82) is 0 Å². The van der Waals surface area contributed by atoms with Gasteiger partial charge in [0, 0.05) is 22.8 Å². The van der Waals surface area contributed by atoms with Crippen molar-refractivity contribution in [3.05, 3.63) is 16.7 Å². The first kappa shape index (κ1) is 9.77. The molecule has 1 aromatic rings. The normalized spacial score (nSPS) is 18.8. The molecule has 0 aromatic carbocycles. The first-order valence-electron chi connectivity index (χ1n) is 4.74. The van der Waals surface area contributed by atoms with Crippen LogP contribution in [0, 0.1) is 0 Å². The van der Waals surface area contributed by atoms with Gasteiger partial charge in [-0.1, -0.05) is 0 Å². The maximum Gasteiger partial charge on any atom is 0.149 e. The van der Waals surface area contributed by atoms with Gasteiger partial charge in [0.15, 0.2) is 0 Å². The fourth-order valence-corrected chi connectivity index (χ4v) is 1.90. The van der Waals surface area contributed by atoms with E-state index in [0.29, 0.717) is 0 Å². The van der Waals surface area contributed by atoms with Crippen molar-refractivity contribution in [2.24, 2.45) is 0 Å². The molecule has 4 heteroatoms. The zero-order chi connectivity index (χ0) is 10.2. The van der Waals surface area contributed by atoms with Crippen LogP contribution in [0.3, 0.4) is 0 Å². The van der Waals surface area contributed by atoms with Gasteiger partial charge in [-0.15, -0.1) is 0 Å². The Morgan fingerprint density at radius 3 is 3.07 bits per heavy atom. The number of rotatable bonds is 0. The number of fused-ring (bicyclic) bond motifs is 1. The molecule has 3 nitrogen and oxygen atoms in total. The molecule has 2 rings (SSSR count). The molecule has 1 aliphatic rings. The summed E-state index contributed by atoms with van der Waals surface area (Å²) >= 11 is 3.41. The van der Waals surface area contributed by atoms with Crippen molar-refractivity contribution in [3.63, 3.8) is 0 Å². The monoisotopic (exact) mass is 255 g/mol. The fraction of sp³-hybridized carbons (Fsp3) is 0.500. The summed E-state index contributed by atoms with van der Waals surface area (Å²) in [4.78, 5) is 4.35. The van der Waals surface area contributed by atoms with E-state index in [2.05, 4.69) is 51.5 Å². The zero-order valence-electron chi connectivity index (χ0n) is 8.39. The number of nitrogens with one attached hydrogen (secondary N) is 2. The SMILES string of the molecule is CC1(C)CCNc2cc(Br)cnc2N1. The van der Waals surface area contributed by atoms with Crippen LogP contribution in [0.5, 0.6) is 0 Å². The number of hydrogen-bond donors (Lipinski definition) is 2. The second-order valence-corrected chi connectivity index (χ2v) is 5.15. The minimum atomic E-state index is 0.110. The smallest absolute Gasteiger partial charge is 0.149 e.